The molecule has 3 rings (SSSR count). The fourth-order valence-electron chi connectivity index (χ4n) is 2.46. The van der Waals surface area contributed by atoms with Gasteiger partial charge in [0.2, 0.25) is 5.91 Å². The lowest BCUT2D eigenvalue weighted by molar-refractivity contribution is -0.127. The zero-order valence-electron chi connectivity index (χ0n) is 11.4. The van der Waals surface area contributed by atoms with Gasteiger partial charge in [-0.05, 0) is 24.3 Å². The lowest BCUT2D eigenvalue weighted by Gasteiger charge is -2.33. The van der Waals surface area contributed by atoms with Crippen molar-refractivity contribution in [3.05, 3.63) is 42.1 Å². The number of benzene rings is 1. The van der Waals surface area contributed by atoms with Crippen molar-refractivity contribution in [2.75, 3.05) is 19.8 Å². The highest BCUT2D eigenvalue weighted by atomic mass is 16.5. The summed E-state index contributed by atoms with van der Waals surface area (Å²) < 4.78 is 5.23. The summed E-state index contributed by atoms with van der Waals surface area (Å²) >= 11 is 0. The van der Waals surface area contributed by atoms with Gasteiger partial charge in [0.15, 0.2) is 0 Å². The predicted octanol–water partition coefficient (Wildman–Crippen LogP) is 0.561. The number of aromatic nitrogens is 1. The maximum atomic E-state index is 12.6. The van der Waals surface area contributed by atoms with Gasteiger partial charge in [0.25, 0.3) is 5.91 Å². The maximum absolute atomic E-state index is 12.6. The number of ether oxygens (including phenoxy) is 1. The second kappa shape index (κ2) is 5.49. The molecule has 1 fully saturated rings. The number of nitrogens with zero attached hydrogens (tertiary/aromatic N) is 2. The topological polar surface area (TPSA) is 85.5 Å². The Bertz CT molecular complexity index is 701. The van der Waals surface area contributed by atoms with E-state index in [2.05, 4.69) is 4.98 Å². The van der Waals surface area contributed by atoms with Crippen molar-refractivity contribution in [3.8, 4) is 0 Å². The summed E-state index contributed by atoms with van der Waals surface area (Å²) in [6.07, 6.45) is 1.70. The number of carbonyl (C=O) groups is 2. The summed E-state index contributed by atoms with van der Waals surface area (Å²) in [5.41, 5.74) is 6.68. The Morgan fingerprint density at radius 3 is 3.00 bits per heavy atom. The van der Waals surface area contributed by atoms with E-state index in [0.29, 0.717) is 18.7 Å². The average Bonchev–Trinajstić information content (AvgIpc) is 2.53. The molecule has 2 heterocycles. The van der Waals surface area contributed by atoms with E-state index in [1.54, 1.807) is 24.4 Å². The summed E-state index contributed by atoms with van der Waals surface area (Å²) in [5, 5.41) is 0.882. The van der Waals surface area contributed by atoms with Gasteiger partial charge < -0.3 is 15.4 Å². The van der Waals surface area contributed by atoms with Crippen molar-refractivity contribution in [1.29, 1.82) is 0 Å². The van der Waals surface area contributed by atoms with Gasteiger partial charge in [-0.1, -0.05) is 6.07 Å². The minimum Gasteiger partial charge on any atom is -0.377 e. The fraction of sp³-hybridized carbons (Fsp3) is 0.267. The van der Waals surface area contributed by atoms with Crippen LogP contribution in [0.3, 0.4) is 0 Å². The number of morpholine rings is 1. The van der Waals surface area contributed by atoms with E-state index in [1.165, 1.54) is 4.90 Å². The van der Waals surface area contributed by atoms with Gasteiger partial charge in [-0.2, -0.15) is 0 Å². The van der Waals surface area contributed by atoms with Gasteiger partial charge in [0.05, 0.1) is 18.7 Å². The third-order valence-corrected chi connectivity index (χ3v) is 3.57. The molecule has 1 unspecified atom stereocenters. The van der Waals surface area contributed by atoms with Crippen LogP contribution in [-0.4, -0.2) is 47.5 Å². The highest BCUT2D eigenvalue weighted by Gasteiger charge is 2.31. The molecule has 6 nitrogen and oxygen atoms in total. The number of fused-ring (bicyclic) bond motifs is 1. The molecule has 1 aromatic heterocycles. The quantitative estimate of drug-likeness (QED) is 0.873. The number of amides is 2. The zero-order chi connectivity index (χ0) is 14.8. The number of carbonyl (C=O) groups excluding carboxylic acids is 2. The van der Waals surface area contributed by atoms with Crippen LogP contribution in [0.5, 0.6) is 0 Å². The summed E-state index contributed by atoms with van der Waals surface area (Å²) in [4.78, 5) is 29.7. The molecule has 2 N–H and O–H groups in total. The third kappa shape index (κ3) is 2.57. The minimum atomic E-state index is -0.712. The van der Waals surface area contributed by atoms with E-state index in [-0.39, 0.29) is 12.5 Å². The van der Waals surface area contributed by atoms with Crippen LogP contribution in [0.15, 0.2) is 36.5 Å². The van der Waals surface area contributed by atoms with Crippen LogP contribution in [0.1, 0.15) is 10.4 Å². The van der Waals surface area contributed by atoms with Gasteiger partial charge in [-0.15, -0.1) is 0 Å². The highest BCUT2D eigenvalue weighted by molar-refractivity contribution is 6.00. The molecule has 1 saturated heterocycles. The zero-order valence-corrected chi connectivity index (χ0v) is 11.4. The number of primary amides is 1. The molecular formula is C15H15N3O3. The fourth-order valence-corrected chi connectivity index (χ4v) is 2.46. The first-order valence-corrected chi connectivity index (χ1v) is 6.69. The van der Waals surface area contributed by atoms with Crippen molar-refractivity contribution in [2.24, 2.45) is 5.73 Å². The van der Waals surface area contributed by atoms with Crippen LogP contribution < -0.4 is 5.73 Å². The molecule has 0 saturated carbocycles. The molecule has 1 aromatic carbocycles. The van der Waals surface area contributed by atoms with Crippen LogP contribution >= 0.6 is 0 Å². The first kappa shape index (κ1) is 13.5. The highest BCUT2D eigenvalue weighted by Crippen LogP contribution is 2.17. The van der Waals surface area contributed by atoms with Crippen molar-refractivity contribution in [3.63, 3.8) is 0 Å². The molecule has 2 amide bonds. The molecule has 0 radical (unpaired) electrons. The smallest absolute Gasteiger partial charge is 0.254 e. The lowest BCUT2D eigenvalue weighted by atomic mass is 10.1. The van der Waals surface area contributed by atoms with E-state index in [4.69, 9.17) is 10.5 Å². The summed E-state index contributed by atoms with van der Waals surface area (Å²) in [6, 6.07) is 8.28. The predicted molar refractivity (Wildman–Crippen MR) is 76.6 cm³/mol. The molecule has 108 valence electrons. The molecule has 6 heteroatoms. The molecule has 1 aliphatic rings. The van der Waals surface area contributed by atoms with E-state index >= 15 is 0 Å². The first-order valence-electron chi connectivity index (χ1n) is 6.69. The van der Waals surface area contributed by atoms with Crippen molar-refractivity contribution in [1.82, 2.24) is 9.88 Å². The monoisotopic (exact) mass is 285 g/mol. The Balaban J connectivity index is 1.93. The normalized spacial score (nSPS) is 18.7. The Morgan fingerprint density at radius 1 is 1.33 bits per heavy atom. The third-order valence-electron chi connectivity index (χ3n) is 3.57. The number of rotatable bonds is 2. The van der Waals surface area contributed by atoms with Crippen LogP contribution in [0.2, 0.25) is 0 Å². The Hall–Kier alpha value is -2.47. The standard InChI is InChI=1S/C15H15N3O3/c16-14(19)13-9-21-7-6-18(13)15(20)11-3-4-12-10(8-11)2-1-5-17-12/h1-5,8,13H,6-7,9H2,(H2,16,19). The number of nitrogens with two attached hydrogens (primary N) is 1. The second-order valence-corrected chi connectivity index (χ2v) is 4.90. The summed E-state index contributed by atoms with van der Waals surface area (Å²) in [5.74, 6) is -0.765. The van der Waals surface area contributed by atoms with Gasteiger partial charge in [-0.25, -0.2) is 0 Å². The van der Waals surface area contributed by atoms with E-state index < -0.39 is 11.9 Å². The van der Waals surface area contributed by atoms with E-state index in [0.717, 1.165) is 10.9 Å². The average molecular weight is 285 g/mol. The number of hydrogen-bond donors (Lipinski definition) is 1. The Morgan fingerprint density at radius 2 is 2.19 bits per heavy atom. The minimum absolute atomic E-state index is 0.149. The number of hydrogen-bond acceptors (Lipinski definition) is 4. The summed E-state index contributed by atoms with van der Waals surface area (Å²) in [6.45, 7) is 0.915. The van der Waals surface area contributed by atoms with Crippen molar-refractivity contribution >= 4 is 22.7 Å². The Labute approximate surface area is 121 Å². The largest absolute Gasteiger partial charge is 0.377 e. The van der Waals surface area contributed by atoms with Crippen LogP contribution in [0, 0.1) is 0 Å². The molecule has 0 spiro atoms. The summed E-state index contributed by atoms with van der Waals surface area (Å²) in [7, 11) is 0. The van der Waals surface area contributed by atoms with Gasteiger partial charge in [-0.3, -0.25) is 14.6 Å². The molecule has 2 aromatic rings. The van der Waals surface area contributed by atoms with Gasteiger partial charge in [0.1, 0.15) is 6.04 Å². The van der Waals surface area contributed by atoms with Gasteiger partial charge in [0, 0.05) is 23.7 Å². The van der Waals surface area contributed by atoms with Gasteiger partial charge >= 0.3 is 0 Å². The Kier molecular flexibility index (Phi) is 3.53. The molecule has 0 aliphatic carbocycles. The maximum Gasteiger partial charge on any atom is 0.254 e. The molecular weight excluding hydrogens is 270 g/mol. The van der Waals surface area contributed by atoms with Crippen LogP contribution in [-0.2, 0) is 9.53 Å². The van der Waals surface area contributed by atoms with Crippen molar-refractivity contribution in [2.45, 2.75) is 6.04 Å². The molecule has 21 heavy (non-hydrogen) atoms. The number of pyridine rings is 1. The van der Waals surface area contributed by atoms with E-state index in [1.807, 2.05) is 12.1 Å². The molecule has 1 atom stereocenters. The van der Waals surface area contributed by atoms with Crippen LogP contribution in [0.4, 0.5) is 0 Å². The van der Waals surface area contributed by atoms with Crippen molar-refractivity contribution < 1.29 is 14.3 Å². The van der Waals surface area contributed by atoms with Crippen LogP contribution in [0.25, 0.3) is 10.9 Å². The first-order chi connectivity index (χ1) is 10.2. The SMILES string of the molecule is NC(=O)C1COCCN1C(=O)c1ccc2ncccc2c1. The lowest BCUT2D eigenvalue weighted by Crippen LogP contribution is -2.54. The molecule has 0 bridgehead atoms. The van der Waals surface area contributed by atoms with E-state index in [9.17, 15) is 9.59 Å². The molecule has 1 aliphatic heterocycles. The second-order valence-electron chi connectivity index (χ2n) is 4.90.